The zero-order valence-electron chi connectivity index (χ0n) is 8.06. The zero-order chi connectivity index (χ0) is 8.53. The molecule has 68 valence electrons. The fourth-order valence-electron chi connectivity index (χ4n) is 0.929. The molecule has 0 spiro atoms. The number of hydrogen-bond acceptors (Lipinski definition) is 2. The van der Waals surface area contributed by atoms with Gasteiger partial charge in [-0.15, -0.1) is 0 Å². The second-order valence-corrected chi connectivity index (χ2v) is 2.62. The fourth-order valence-corrected chi connectivity index (χ4v) is 0.929. The molecular formula is C9H18O2Sn+2. The Kier molecular flexibility index (Phi) is 13.9. The summed E-state index contributed by atoms with van der Waals surface area (Å²) in [6.45, 7) is 4.50. The summed E-state index contributed by atoms with van der Waals surface area (Å²) in [6, 6.07) is 0. The van der Waals surface area contributed by atoms with Crippen LogP contribution in [0.3, 0.4) is 0 Å². The van der Waals surface area contributed by atoms with Crippen LogP contribution in [-0.2, 0) is 9.53 Å². The van der Waals surface area contributed by atoms with Gasteiger partial charge in [-0.2, -0.15) is 0 Å². The molecule has 2 radical (unpaired) electrons. The molecule has 0 rings (SSSR count). The zero-order valence-corrected chi connectivity index (χ0v) is 10.9. The van der Waals surface area contributed by atoms with Crippen LogP contribution in [0.15, 0.2) is 0 Å². The van der Waals surface area contributed by atoms with Gasteiger partial charge in [0.1, 0.15) is 0 Å². The minimum absolute atomic E-state index is 0. The number of unbranched alkanes of at least 4 members (excludes halogenated alkanes) is 3. The Balaban J connectivity index is 0. The molecule has 0 unspecified atom stereocenters. The number of hydrogen-bond donors (Lipinski definition) is 0. The molecule has 0 aliphatic rings. The van der Waals surface area contributed by atoms with Crippen molar-refractivity contribution < 1.29 is 9.53 Å². The van der Waals surface area contributed by atoms with E-state index in [9.17, 15) is 4.79 Å². The van der Waals surface area contributed by atoms with Crippen molar-refractivity contribution in [3.05, 3.63) is 0 Å². The van der Waals surface area contributed by atoms with Gasteiger partial charge in [-0.1, -0.05) is 26.2 Å². The van der Waals surface area contributed by atoms with Crippen LogP contribution in [0.1, 0.15) is 46.0 Å². The van der Waals surface area contributed by atoms with E-state index in [-0.39, 0.29) is 29.9 Å². The maximum atomic E-state index is 10.8. The van der Waals surface area contributed by atoms with Gasteiger partial charge in [0.15, 0.2) is 0 Å². The Hall–Kier alpha value is 0.269. The van der Waals surface area contributed by atoms with Crippen LogP contribution >= 0.6 is 0 Å². The molecule has 0 fully saturated rings. The fraction of sp³-hybridized carbons (Fsp3) is 0.889. The van der Waals surface area contributed by atoms with Crippen LogP contribution in [0.25, 0.3) is 0 Å². The number of rotatable bonds is 6. The number of carbonyl (C=O) groups is 1. The van der Waals surface area contributed by atoms with Crippen molar-refractivity contribution in [1.29, 1.82) is 0 Å². The van der Waals surface area contributed by atoms with Crippen LogP contribution in [0.2, 0.25) is 0 Å². The maximum absolute atomic E-state index is 10.8. The molecule has 0 atom stereocenters. The van der Waals surface area contributed by atoms with Gasteiger partial charge >= 0.3 is 29.9 Å². The topological polar surface area (TPSA) is 26.3 Å². The molecule has 0 N–H and O–H groups in total. The molecule has 0 aromatic rings. The number of esters is 1. The van der Waals surface area contributed by atoms with E-state index < -0.39 is 0 Å². The second-order valence-electron chi connectivity index (χ2n) is 2.62. The molecule has 0 aliphatic heterocycles. The second kappa shape index (κ2) is 11.3. The molecular weight excluding hydrogens is 259 g/mol. The van der Waals surface area contributed by atoms with Crippen molar-refractivity contribution in [2.75, 3.05) is 6.61 Å². The van der Waals surface area contributed by atoms with Crippen molar-refractivity contribution in [2.24, 2.45) is 0 Å². The van der Waals surface area contributed by atoms with Crippen molar-refractivity contribution in [3.63, 3.8) is 0 Å². The maximum Gasteiger partial charge on any atom is 2.00 e. The molecule has 0 saturated heterocycles. The SMILES string of the molecule is CCCCCCC(=O)OCC.[Sn+2]. The minimum atomic E-state index is -0.0522. The largest absolute Gasteiger partial charge is 2.00 e. The summed E-state index contributed by atoms with van der Waals surface area (Å²) in [5.41, 5.74) is 0. The van der Waals surface area contributed by atoms with Gasteiger partial charge in [-0.25, -0.2) is 0 Å². The molecule has 0 saturated carbocycles. The summed E-state index contributed by atoms with van der Waals surface area (Å²) in [7, 11) is 0. The average molecular weight is 277 g/mol. The Morgan fingerprint density at radius 1 is 1.17 bits per heavy atom. The summed E-state index contributed by atoms with van der Waals surface area (Å²) in [6.07, 6.45) is 5.15. The van der Waals surface area contributed by atoms with Gasteiger partial charge in [-0.05, 0) is 13.3 Å². The number of ether oxygens (including phenoxy) is 1. The van der Waals surface area contributed by atoms with Gasteiger partial charge in [0, 0.05) is 6.42 Å². The van der Waals surface area contributed by atoms with E-state index in [1.54, 1.807) is 0 Å². The van der Waals surface area contributed by atoms with E-state index in [2.05, 4.69) is 6.92 Å². The third kappa shape index (κ3) is 10.3. The van der Waals surface area contributed by atoms with E-state index in [4.69, 9.17) is 4.74 Å². The quantitative estimate of drug-likeness (QED) is 0.422. The summed E-state index contributed by atoms with van der Waals surface area (Å²) in [5, 5.41) is 0. The summed E-state index contributed by atoms with van der Waals surface area (Å²) in [4.78, 5) is 10.8. The van der Waals surface area contributed by atoms with Gasteiger partial charge < -0.3 is 4.74 Å². The normalized spacial score (nSPS) is 8.83. The monoisotopic (exact) mass is 278 g/mol. The van der Waals surface area contributed by atoms with Crippen molar-refractivity contribution >= 4 is 29.9 Å². The Morgan fingerprint density at radius 2 is 1.83 bits per heavy atom. The van der Waals surface area contributed by atoms with Gasteiger partial charge in [0.25, 0.3) is 0 Å². The molecule has 0 amide bonds. The molecule has 0 heterocycles. The van der Waals surface area contributed by atoms with Gasteiger partial charge in [0.05, 0.1) is 6.61 Å². The van der Waals surface area contributed by atoms with Crippen LogP contribution in [-0.4, -0.2) is 36.5 Å². The standard InChI is InChI=1S/C9H18O2.Sn/c1-3-5-6-7-8-9(10)11-4-2;/h3-8H2,1-2H3;/q;+2. The minimum Gasteiger partial charge on any atom is -0.466 e. The summed E-state index contributed by atoms with van der Waals surface area (Å²) >= 11 is 0. The summed E-state index contributed by atoms with van der Waals surface area (Å²) < 4.78 is 4.78. The Bertz CT molecular complexity index is 105. The third-order valence-corrected chi connectivity index (χ3v) is 1.54. The Labute approximate surface area is 92.0 Å². The first-order chi connectivity index (χ1) is 5.31. The molecule has 12 heavy (non-hydrogen) atoms. The van der Waals surface area contributed by atoms with Crippen molar-refractivity contribution in [1.82, 2.24) is 0 Å². The number of carbonyl (C=O) groups excluding carboxylic acids is 1. The summed E-state index contributed by atoms with van der Waals surface area (Å²) in [5.74, 6) is -0.0522. The molecule has 0 aromatic heterocycles. The van der Waals surface area contributed by atoms with E-state index in [0.29, 0.717) is 13.0 Å². The first-order valence-corrected chi connectivity index (χ1v) is 4.46. The van der Waals surface area contributed by atoms with Crippen LogP contribution in [0.5, 0.6) is 0 Å². The molecule has 2 nitrogen and oxygen atoms in total. The van der Waals surface area contributed by atoms with Crippen LogP contribution < -0.4 is 0 Å². The third-order valence-electron chi connectivity index (χ3n) is 1.54. The van der Waals surface area contributed by atoms with Crippen molar-refractivity contribution in [3.8, 4) is 0 Å². The first-order valence-electron chi connectivity index (χ1n) is 4.46. The van der Waals surface area contributed by atoms with Crippen molar-refractivity contribution in [2.45, 2.75) is 46.0 Å². The molecule has 0 aliphatic carbocycles. The average Bonchev–Trinajstić information content (AvgIpc) is 1.99. The van der Waals surface area contributed by atoms with Gasteiger partial charge in [-0.3, -0.25) is 4.79 Å². The van der Waals surface area contributed by atoms with E-state index in [1.165, 1.54) is 12.8 Å². The predicted octanol–water partition coefficient (Wildman–Crippen LogP) is 2.14. The van der Waals surface area contributed by atoms with E-state index >= 15 is 0 Å². The molecule has 3 heteroatoms. The smallest absolute Gasteiger partial charge is 0.466 e. The van der Waals surface area contributed by atoms with Gasteiger partial charge in [0.2, 0.25) is 0 Å². The van der Waals surface area contributed by atoms with E-state index in [1.807, 2.05) is 6.92 Å². The van der Waals surface area contributed by atoms with E-state index in [0.717, 1.165) is 12.8 Å². The van der Waals surface area contributed by atoms with Crippen LogP contribution in [0.4, 0.5) is 0 Å². The first kappa shape index (κ1) is 14.8. The molecule has 0 bridgehead atoms. The molecule has 0 aromatic carbocycles. The predicted molar refractivity (Wildman–Crippen MR) is 51.1 cm³/mol. The van der Waals surface area contributed by atoms with Crippen LogP contribution in [0, 0.1) is 0 Å². The Morgan fingerprint density at radius 3 is 2.33 bits per heavy atom.